The molecule has 0 aliphatic carbocycles. The van der Waals surface area contributed by atoms with Gasteiger partial charge in [0.05, 0.1) is 0 Å². The highest BCUT2D eigenvalue weighted by Crippen LogP contribution is 2.30. The molecule has 0 heterocycles. The van der Waals surface area contributed by atoms with Gasteiger partial charge in [-0.05, 0) is 34.4 Å². The molecule has 0 fully saturated rings. The molecule has 0 saturated heterocycles. The molecule has 0 bridgehead atoms. The van der Waals surface area contributed by atoms with Gasteiger partial charge in [-0.25, -0.2) is 0 Å². The van der Waals surface area contributed by atoms with Crippen LogP contribution in [0.2, 0.25) is 0 Å². The third-order valence-corrected chi connectivity index (χ3v) is 3.27. The van der Waals surface area contributed by atoms with Crippen molar-refractivity contribution in [1.29, 1.82) is 0 Å². The smallest absolute Gasteiger partial charge is 0.358 e. The van der Waals surface area contributed by atoms with Crippen LogP contribution in [0.1, 0.15) is 0 Å². The van der Waals surface area contributed by atoms with Crippen LogP contribution in [-0.2, 0) is 10.5 Å². The lowest BCUT2D eigenvalue weighted by Crippen LogP contribution is -2.01. The van der Waals surface area contributed by atoms with E-state index in [1.165, 1.54) is 6.07 Å². The minimum absolute atomic E-state index is 0.00856. The van der Waals surface area contributed by atoms with Crippen LogP contribution in [0, 0.1) is 0 Å². The number of benzene rings is 3. The van der Waals surface area contributed by atoms with E-state index in [0.717, 1.165) is 16.2 Å². The summed E-state index contributed by atoms with van der Waals surface area (Å²) in [7, 11) is -5.02. The van der Waals surface area contributed by atoms with Crippen molar-refractivity contribution in [2.75, 3.05) is 0 Å². The summed E-state index contributed by atoms with van der Waals surface area (Å²) in [6.45, 7) is 0. The fraction of sp³-hybridized carbons (Fsp3) is 0. The molecule has 5 heteroatoms. The fourth-order valence-electron chi connectivity index (χ4n) is 2.12. The molecule has 0 amide bonds. The Kier molecular flexibility index (Phi) is 2.64. The van der Waals surface area contributed by atoms with Crippen molar-refractivity contribution in [3.63, 3.8) is 0 Å². The summed E-state index contributed by atoms with van der Waals surface area (Å²) < 4.78 is 38.3. The second-order valence-corrected chi connectivity index (χ2v) is 5.11. The van der Waals surface area contributed by atoms with Gasteiger partial charge in [0.1, 0.15) is 0 Å². The van der Waals surface area contributed by atoms with E-state index in [0.29, 0.717) is 5.39 Å². The van der Waals surface area contributed by atoms with Crippen LogP contribution in [0.3, 0.4) is 0 Å². The van der Waals surface area contributed by atoms with E-state index in [9.17, 15) is 12.3 Å². The first kappa shape index (κ1) is 11.9. The molecule has 0 atom stereocenters. The molecule has 0 spiro atoms. The lowest BCUT2D eigenvalue weighted by Gasteiger charge is -2.06. The van der Waals surface area contributed by atoms with Crippen LogP contribution in [0.5, 0.6) is 5.75 Å². The van der Waals surface area contributed by atoms with E-state index in [1.54, 1.807) is 12.1 Å². The Bertz CT molecular complexity index is 872. The molecular formula is C14H9FO3S. The van der Waals surface area contributed by atoms with E-state index >= 15 is 0 Å². The molecule has 3 rings (SSSR count). The van der Waals surface area contributed by atoms with Gasteiger partial charge in [-0.15, -0.1) is 0 Å². The van der Waals surface area contributed by atoms with Crippen LogP contribution in [-0.4, -0.2) is 8.42 Å². The summed E-state index contributed by atoms with van der Waals surface area (Å²) in [6.07, 6.45) is 0. The van der Waals surface area contributed by atoms with Gasteiger partial charge in [-0.2, -0.15) is 8.42 Å². The third-order valence-electron chi connectivity index (χ3n) is 2.90. The number of fused-ring (bicyclic) bond motifs is 2. The molecular weight excluding hydrogens is 267 g/mol. The highest BCUT2D eigenvalue weighted by Gasteiger charge is 2.12. The fourth-order valence-corrected chi connectivity index (χ4v) is 2.48. The van der Waals surface area contributed by atoms with Gasteiger partial charge in [0.15, 0.2) is 5.75 Å². The predicted octanol–water partition coefficient (Wildman–Crippen LogP) is 3.59. The molecule has 0 N–H and O–H groups in total. The van der Waals surface area contributed by atoms with E-state index in [-0.39, 0.29) is 5.75 Å². The van der Waals surface area contributed by atoms with Crippen molar-refractivity contribution in [2.45, 2.75) is 0 Å². The summed E-state index contributed by atoms with van der Waals surface area (Å²) in [5.41, 5.74) is 0. The zero-order chi connectivity index (χ0) is 13.5. The first-order valence-corrected chi connectivity index (χ1v) is 6.89. The van der Waals surface area contributed by atoms with Crippen molar-refractivity contribution >= 4 is 32.0 Å². The maximum atomic E-state index is 12.7. The average molecular weight is 276 g/mol. The zero-order valence-corrected chi connectivity index (χ0v) is 10.5. The van der Waals surface area contributed by atoms with Crippen molar-refractivity contribution in [3.05, 3.63) is 54.6 Å². The molecule has 19 heavy (non-hydrogen) atoms. The van der Waals surface area contributed by atoms with Crippen molar-refractivity contribution in [2.24, 2.45) is 0 Å². The Morgan fingerprint density at radius 2 is 1.47 bits per heavy atom. The normalized spacial score (nSPS) is 11.8. The molecule has 0 aliphatic rings. The largest absolute Gasteiger partial charge is 0.488 e. The Morgan fingerprint density at radius 3 is 2.16 bits per heavy atom. The van der Waals surface area contributed by atoms with Gasteiger partial charge in [0.2, 0.25) is 0 Å². The van der Waals surface area contributed by atoms with Crippen molar-refractivity contribution < 1.29 is 16.5 Å². The van der Waals surface area contributed by atoms with E-state index in [1.807, 2.05) is 36.4 Å². The van der Waals surface area contributed by atoms with Gasteiger partial charge >= 0.3 is 10.5 Å². The third kappa shape index (κ3) is 2.37. The topological polar surface area (TPSA) is 43.4 Å². The highest BCUT2D eigenvalue weighted by atomic mass is 32.3. The second-order valence-electron chi connectivity index (χ2n) is 4.15. The summed E-state index contributed by atoms with van der Waals surface area (Å²) in [5.74, 6) is -0.00856. The first-order valence-electron chi connectivity index (χ1n) is 5.58. The van der Waals surface area contributed by atoms with Crippen LogP contribution < -0.4 is 4.18 Å². The molecule has 0 radical (unpaired) electrons. The standard InChI is InChI=1S/C14H9FO3S/c15-19(16,17)18-14-7-3-6-12-8-10-4-1-2-5-11(10)9-13(12)14/h1-9H. The SMILES string of the molecule is O=S(=O)(F)Oc1cccc2cc3ccccc3cc12. The summed E-state index contributed by atoms with van der Waals surface area (Å²) in [5, 5.41) is 3.31. The maximum Gasteiger partial charge on any atom is 0.488 e. The average Bonchev–Trinajstić information content (AvgIpc) is 2.35. The minimum Gasteiger partial charge on any atom is -0.358 e. The lowest BCUT2D eigenvalue weighted by atomic mass is 10.0. The van der Waals surface area contributed by atoms with Gasteiger partial charge < -0.3 is 4.18 Å². The predicted molar refractivity (Wildman–Crippen MR) is 72.1 cm³/mol. The van der Waals surface area contributed by atoms with Gasteiger partial charge in [0, 0.05) is 5.39 Å². The Hall–Kier alpha value is -2.14. The van der Waals surface area contributed by atoms with Crippen molar-refractivity contribution in [3.8, 4) is 5.75 Å². The zero-order valence-electron chi connectivity index (χ0n) is 9.71. The number of halogens is 1. The highest BCUT2D eigenvalue weighted by molar-refractivity contribution is 7.81. The van der Waals surface area contributed by atoms with E-state index < -0.39 is 10.5 Å². The molecule has 0 unspecified atom stereocenters. The van der Waals surface area contributed by atoms with Gasteiger partial charge in [-0.3, -0.25) is 0 Å². The number of rotatable bonds is 2. The molecule has 96 valence electrons. The van der Waals surface area contributed by atoms with E-state index in [4.69, 9.17) is 0 Å². The number of hydrogen-bond acceptors (Lipinski definition) is 3. The van der Waals surface area contributed by atoms with Crippen LogP contribution >= 0.6 is 0 Å². The Balaban J connectivity index is 2.32. The van der Waals surface area contributed by atoms with Crippen molar-refractivity contribution in [1.82, 2.24) is 0 Å². The summed E-state index contributed by atoms with van der Waals surface area (Å²) in [6, 6.07) is 16.2. The van der Waals surface area contributed by atoms with Crippen LogP contribution in [0.25, 0.3) is 21.5 Å². The minimum atomic E-state index is -5.02. The molecule has 0 saturated carbocycles. The number of hydrogen-bond donors (Lipinski definition) is 0. The Labute approximate surface area is 109 Å². The summed E-state index contributed by atoms with van der Waals surface area (Å²) >= 11 is 0. The maximum absolute atomic E-state index is 12.7. The van der Waals surface area contributed by atoms with Crippen LogP contribution in [0.15, 0.2) is 54.6 Å². The van der Waals surface area contributed by atoms with Gasteiger partial charge in [-0.1, -0.05) is 40.3 Å². The molecule has 3 aromatic carbocycles. The summed E-state index contributed by atoms with van der Waals surface area (Å²) in [4.78, 5) is 0. The van der Waals surface area contributed by atoms with Gasteiger partial charge in [0.25, 0.3) is 0 Å². The second kappa shape index (κ2) is 4.20. The molecule has 0 aliphatic heterocycles. The van der Waals surface area contributed by atoms with E-state index in [2.05, 4.69) is 4.18 Å². The molecule has 3 nitrogen and oxygen atoms in total. The quantitative estimate of drug-likeness (QED) is 0.530. The molecule has 0 aromatic heterocycles. The Morgan fingerprint density at radius 1 is 0.842 bits per heavy atom. The van der Waals surface area contributed by atoms with Crippen LogP contribution in [0.4, 0.5) is 3.89 Å². The monoisotopic (exact) mass is 276 g/mol. The first-order chi connectivity index (χ1) is 9.03. The lowest BCUT2D eigenvalue weighted by molar-refractivity contribution is 0.442. The molecule has 3 aromatic rings.